The molecule has 0 aromatic carbocycles. The Kier molecular flexibility index (Phi) is 7.60. The molecule has 0 aliphatic rings. The molecule has 0 aliphatic carbocycles. The highest BCUT2D eigenvalue weighted by atomic mass is 19.4. The molecule has 0 saturated carbocycles. The van der Waals surface area contributed by atoms with E-state index in [-0.39, 0.29) is 6.42 Å². The summed E-state index contributed by atoms with van der Waals surface area (Å²) in [5, 5.41) is 9.93. The molecule has 0 saturated heterocycles. The van der Waals surface area contributed by atoms with Crippen LogP contribution >= 0.6 is 0 Å². The highest BCUT2D eigenvalue weighted by molar-refractivity contribution is 5.01. The van der Waals surface area contributed by atoms with Crippen molar-refractivity contribution in [2.45, 2.75) is 71.1 Å². The normalized spacial score (nSPS) is 17.9. The topological polar surface area (TPSA) is 20.2 Å². The third kappa shape index (κ3) is 5.01. The van der Waals surface area contributed by atoms with E-state index in [0.717, 1.165) is 19.3 Å². The van der Waals surface area contributed by atoms with E-state index in [1.165, 1.54) is 13.0 Å². The number of halogens is 3. The minimum Gasteiger partial charge on any atom is -0.380 e. The van der Waals surface area contributed by atoms with Crippen LogP contribution in [0.25, 0.3) is 0 Å². The first kappa shape index (κ1) is 17.5. The Hall–Kier alpha value is -0.510. The Balaban J connectivity index is 4.69. The zero-order valence-electron chi connectivity index (χ0n) is 11.6. The largest absolute Gasteiger partial charge is 0.417 e. The molecular weight excluding hydrogens is 241 g/mol. The summed E-state index contributed by atoms with van der Waals surface area (Å²) in [6, 6.07) is 0. The van der Waals surface area contributed by atoms with Gasteiger partial charge in [-0.15, -0.1) is 0 Å². The summed E-state index contributed by atoms with van der Waals surface area (Å²) < 4.78 is 38.9. The van der Waals surface area contributed by atoms with Crippen molar-refractivity contribution in [2.75, 3.05) is 0 Å². The molecule has 0 amide bonds. The van der Waals surface area contributed by atoms with E-state index in [1.54, 1.807) is 6.08 Å². The lowest BCUT2D eigenvalue weighted by atomic mass is 9.83. The Bertz CT molecular complexity index is 248. The lowest BCUT2D eigenvalue weighted by Gasteiger charge is -2.34. The van der Waals surface area contributed by atoms with Gasteiger partial charge in [-0.3, -0.25) is 0 Å². The second-order valence-corrected chi connectivity index (χ2v) is 4.88. The number of rotatable bonds is 8. The molecule has 2 atom stereocenters. The predicted octanol–water partition coefficient (Wildman–Crippen LogP) is 4.85. The van der Waals surface area contributed by atoms with Crippen molar-refractivity contribution >= 4 is 0 Å². The molecule has 0 heterocycles. The van der Waals surface area contributed by atoms with Crippen LogP contribution in [-0.2, 0) is 0 Å². The summed E-state index contributed by atoms with van der Waals surface area (Å²) >= 11 is 0. The maximum atomic E-state index is 13.0. The van der Waals surface area contributed by atoms with Crippen molar-refractivity contribution in [3.05, 3.63) is 12.2 Å². The first-order valence-corrected chi connectivity index (χ1v) is 6.75. The molecule has 4 heteroatoms. The van der Waals surface area contributed by atoms with Crippen LogP contribution < -0.4 is 0 Å². The molecule has 0 aromatic rings. The summed E-state index contributed by atoms with van der Waals surface area (Å²) in [6.45, 7) is 5.29. The van der Waals surface area contributed by atoms with Gasteiger partial charge >= 0.3 is 6.18 Å². The van der Waals surface area contributed by atoms with Gasteiger partial charge in [0.05, 0.1) is 0 Å². The quantitative estimate of drug-likeness (QED) is 0.491. The monoisotopic (exact) mass is 266 g/mol. The third-order valence-corrected chi connectivity index (χ3v) is 3.30. The fourth-order valence-corrected chi connectivity index (χ4v) is 1.86. The SMILES string of the molecule is CCCC/C=C/[C@H](C)[C@@](O)(CCCC)C(F)(F)F. The maximum absolute atomic E-state index is 13.0. The molecule has 0 bridgehead atoms. The van der Waals surface area contributed by atoms with Gasteiger partial charge in [0.1, 0.15) is 0 Å². The molecular formula is C14H25F3O. The van der Waals surface area contributed by atoms with Gasteiger partial charge in [0, 0.05) is 5.92 Å². The van der Waals surface area contributed by atoms with Crippen LogP contribution in [0.1, 0.15) is 59.3 Å². The van der Waals surface area contributed by atoms with Crippen LogP contribution in [0.5, 0.6) is 0 Å². The molecule has 0 rings (SSSR count). The van der Waals surface area contributed by atoms with Gasteiger partial charge in [-0.05, 0) is 12.8 Å². The number of hydrogen-bond donors (Lipinski definition) is 1. The summed E-state index contributed by atoms with van der Waals surface area (Å²) in [7, 11) is 0. The minimum atomic E-state index is -4.57. The van der Waals surface area contributed by atoms with Gasteiger partial charge in [0.25, 0.3) is 0 Å². The van der Waals surface area contributed by atoms with Gasteiger partial charge in [-0.2, -0.15) is 13.2 Å². The van der Waals surface area contributed by atoms with E-state index in [1.807, 2.05) is 13.8 Å². The second-order valence-electron chi connectivity index (χ2n) is 4.88. The molecule has 1 N–H and O–H groups in total. The van der Waals surface area contributed by atoms with Crippen LogP contribution in [0, 0.1) is 5.92 Å². The standard InChI is InChI=1S/C14H25F3O/c1-4-6-8-9-10-12(3)13(18,11-7-5-2)14(15,16)17/h9-10,12,18H,4-8,11H2,1-3H3/b10-9+/t12-,13-/m0/s1. The Morgan fingerprint density at radius 3 is 2.11 bits per heavy atom. The van der Waals surface area contributed by atoms with Crippen molar-refractivity contribution in [1.29, 1.82) is 0 Å². The van der Waals surface area contributed by atoms with Crippen LogP contribution in [0.4, 0.5) is 13.2 Å². The van der Waals surface area contributed by atoms with E-state index < -0.39 is 17.7 Å². The van der Waals surface area contributed by atoms with Crippen LogP contribution in [0.3, 0.4) is 0 Å². The smallest absolute Gasteiger partial charge is 0.380 e. The predicted molar refractivity (Wildman–Crippen MR) is 68.4 cm³/mol. The fourth-order valence-electron chi connectivity index (χ4n) is 1.86. The number of unbranched alkanes of at least 4 members (excludes halogenated alkanes) is 3. The first-order chi connectivity index (χ1) is 8.29. The number of hydrogen-bond acceptors (Lipinski definition) is 1. The Labute approximate surface area is 108 Å². The highest BCUT2D eigenvalue weighted by Gasteiger charge is 2.55. The van der Waals surface area contributed by atoms with E-state index in [0.29, 0.717) is 12.8 Å². The van der Waals surface area contributed by atoms with Gasteiger partial charge in [-0.1, -0.05) is 58.6 Å². The van der Waals surface area contributed by atoms with Gasteiger partial charge < -0.3 is 5.11 Å². The van der Waals surface area contributed by atoms with Gasteiger partial charge in [0.2, 0.25) is 0 Å². The zero-order chi connectivity index (χ0) is 14.2. The van der Waals surface area contributed by atoms with Gasteiger partial charge in [-0.25, -0.2) is 0 Å². The lowest BCUT2D eigenvalue weighted by Crippen LogP contribution is -2.49. The van der Waals surface area contributed by atoms with Crippen LogP contribution in [0.2, 0.25) is 0 Å². The molecule has 0 fully saturated rings. The first-order valence-electron chi connectivity index (χ1n) is 6.75. The van der Waals surface area contributed by atoms with Crippen LogP contribution in [-0.4, -0.2) is 16.9 Å². The molecule has 0 aliphatic heterocycles. The minimum absolute atomic E-state index is 0.230. The molecule has 0 unspecified atom stereocenters. The summed E-state index contributed by atoms with van der Waals surface area (Å²) in [4.78, 5) is 0. The third-order valence-electron chi connectivity index (χ3n) is 3.30. The number of allylic oxidation sites excluding steroid dienone is 1. The Morgan fingerprint density at radius 2 is 1.67 bits per heavy atom. The summed E-state index contributed by atoms with van der Waals surface area (Å²) in [5.41, 5.74) is -2.59. The zero-order valence-corrected chi connectivity index (χ0v) is 11.6. The van der Waals surface area contributed by atoms with Crippen molar-refractivity contribution in [1.82, 2.24) is 0 Å². The van der Waals surface area contributed by atoms with E-state index in [4.69, 9.17) is 0 Å². The highest BCUT2D eigenvalue weighted by Crippen LogP contribution is 2.40. The second kappa shape index (κ2) is 7.82. The fraction of sp³-hybridized carbons (Fsp3) is 0.857. The molecule has 18 heavy (non-hydrogen) atoms. The van der Waals surface area contributed by atoms with Gasteiger partial charge in [0.15, 0.2) is 5.60 Å². The van der Waals surface area contributed by atoms with Crippen molar-refractivity contribution < 1.29 is 18.3 Å². The van der Waals surface area contributed by atoms with E-state index in [2.05, 4.69) is 0 Å². The van der Waals surface area contributed by atoms with Crippen LogP contribution in [0.15, 0.2) is 12.2 Å². The number of aliphatic hydroxyl groups is 1. The molecule has 0 radical (unpaired) electrons. The summed E-state index contributed by atoms with van der Waals surface area (Å²) in [5.74, 6) is -0.902. The molecule has 0 spiro atoms. The van der Waals surface area contributed by atoms with E-state index in [9.17, 15) is 18.3 Å². The average molecular weight is 266 g/mol. The van der Waals surface area contributed by atoms with Crippen molar-refractivity contribution in [2.24, 2.45) is 5.92 Å². The van der Waals surface area contributed by atoms with Crippen molar-refractivity contribution in [3.63, 3.8) is 0 Å². The average Bonchev–Trinajstić information content (AvgIpc) is 2.29. The van der Waals surface area contributed by atoms with E-state index >= 15 is 0 Å². The van der Waals surface area contributed by atoms with Crippen molar-refractivity contribution in [3.8, 4) is 0 Å². The molecule has 108 valence electrons. The Morgan fingerprint density at radius 1 is 1.11 bits per heavy atom. The lowest BCUT2D eigenvalue weighted by molar-refractivity contribution is -0.275. The summed E-state index contributed by atoms with van der Waals surface area (Å²) in [6.07, 6.45) is 2.20. The maximum Gasteiger partial charge on any atom is 0.417 e. The molecule has 0 aromatic heterocycles. The number of alkyl halides is 3. The molecule has 1 nitrogen and oxygen atoms in total.